The van der Waals surface area contributed by atoms with Gasteiger partial charge in [-0.15, -0.1) is 11.3 Å². The normalized spacial score (nSPS) is 12.3. The zero-order valence-corrected chi connectivity index (χ0v) is 10.5. The monoisotopic (exact) mass is 220 g/mol. The fourth-order valence-corrected chi connectivity index (χ4v) is 2.58. The van der Waals surface area contributed by atoms with E-state index >= 15 is 0 Å². The molecular weight excluding hydrogens is 204 g/mol. The van der Waals surface area contributed by atoms with E-state index in [2.05, 4.69) is 37.7 Å². The summed E-state index contributed by atoms with van der Waals surface area (Å²) >= 11 is 1.70. The number of thiazole rings is 1. The lowest BCUT2D eigenvalue weighted by Gasteiger charge is -2.19. The smallest absolute Gasteiger partial charge is 0.0883 e. The minimum Gasteiger partial charge on any atom is -0.259 e. The van der Waals surface area contributed by atoms with E-state index in [9.17, 15) is 0 Å². The maximum absolute atomic E-state index is 4.53. The summed E-state index contributed by atoms with van der Waals surface area (Å²) in [6.07, 6.45) is 2.96. The summed E-state index contributed by atoms with van der Waals surface area (Å²) in [4.78, 5) is 9.01. The van der Waals surface area contributed by atoms with Gasteiger partial charge in [0.15, 0.2) is 0 Å². The average Bonchev–Trinajstić information content (AvgIpc) is 2.62. The topological polar surface area (TPSA) is 25.8 Å². The van der Waals surface area contributed by atoms with Crippen LogP contribution in [0.5, 0.6) is 0 Å². The summed E-state index contributed by atoms with van der Waals surface area (Å²) < 4.78 is 1.25. The molecule has 2 rings (SSSR count). The summed E-state index contributed by atoms with van der Waals surface area (Å²) in [5.41, 5.74) is 5.59. The fourth-order valence-electron chi connectivity index (χ4n) is 1.71. The van der Waals surface area contributed by atoms with Crippen LogP contribution in [0.15, 0.2) is 11.7 Å². The Morgan fingerprint density at radius 1 is 1.27 bits per heavy atom. The molecule has 2 aromatic heterocycles. The van der Waals surface area contributed by atoms with Crippen molar-refractivity contribution in [3.63, 3.8) is 0 Å². The molecule has 2 nitrogen and oxygen atoms in total. The molecule has 0 atom stereocenters. The van der Waals surface area contributed by atoms with Crippen molar-refractivity contribution in [2.24, 2.45) is 0 Å². The van der Waals surface area contributed by atoms with Crippen molar-refractivity contribution in [1.82, 2.24) is 9.97 Å². The third-order valence-corrected chi connectivity index (χ3v) is 3.45. The van der Waals surface area contributed by atoms with Gasteiger partial charge < -0.3 is 0 Å². The van der Waals surface area contributed by atoms with Crippen LogP contribution >= 0.6 is 11.3 Å². The second-order valence-corrected chi connectivity index (χ2v) is 5.61. The molecule has 0 saturated carbocycles. The van der Waals surface area contributed by atoms with E-state index in [4.69, 9.17) is 0 Å². The highest BCUT2D eigenvalue weighted by molar-refractivity contribution is 7.16. The van der Waals surface area contributed by atoms with Crippen LogP contribution in [0.4, 0.5) is 0 Å². The van der Waals surface area contributed by atoms with Crippen molar-refractivity contribution in [3.05, 3.63) is 23.0 Å². The van der Waals surface area contributed by atoms with Crippen molar-refractivity contribution < 1.29 is 0 Å². The maximum atomic E-state index is 4.53. The summed E-state index contributed by atoms with van der Waals surface area (Å²) in [6.45, 7) is 8.75. The van der Waals surface area contributed by atoms with E-state index in [1.54, 1.807) is 11.3 Å². The minimum atomic E-state index is 0.117. The first-order valence-corrected chi connectivity index (χ1v) is 6.13. The Balaban J connectivity index is 2.74. The quantitative estimate of drug-likeness (QED) is 0.734. The molecule has 0 fully saturated rings. The number of pyridine rings is 1. The van der Waals surface area contributed by atoms with Crippen LogP contribution in [-0.4, -0.2) is 9.97 Å². The summed E-state index contributed by atoms with van der Waals surface area (Å²) in [5, 5.41) is 0. The molecule has 0 saturated heterocycles. The summed E-state index contributed by atoms with van der Waals surface area (Å²) in [6, 6.07) is 0. The first kappa shape index (κ1) is 10.6. The van der Waals surface area contributed by atoms with Gasteiger partial charge in [-0.05, 0) is 11.8 Å². The summed E-state index contributed by atoms with van der Waals surface area (Å²) in [7, 11) is 0. The lowest BCUT2D eigenvalue weighted by atomic mass is 9.87. The highest BCUT2D eigenvalue weighted by Gasteiger charge is 2.20. The first-order valence-electron chi connectivity index (χ1n) is 5.25. The molecule has 0 aromatic carbocycles. The molecule has 0 N–H and O–H groups in total. The molecule has 0 aliphatic carbocycles. The van der Waals surface area contributed by atoms with Crippen molar-refractivity contribution in [2.45, 2.75) is 39.5 Å². The molecule has 3 heteroatoms. The predicted octanol–water partition coefficient (Wildman–Crippen LogP) is 3.55. The molecule has 80 valence electrons. The largest absolute Gasteiger partial charge is 0.259 e. The van der Waals surface area contributed by atoms with Gasteiger partial charge in [0.1, 0.15) is 0 Å². The van der Waals surface area contributed by atoms with Gasteiger partial charge in [0.25, 0.3) is 0 Å². The van der Waals surface area contributed by atoms with Crippen LogP contribution in [0, 0.1) is 0 Å². The third-order valence-electron chi connectivity index (χ3n) is 2.58. The van der Waals surface area contributed by atoms with Crippen LogP contribution in [0.1, 0.15) is 39.0 Å². The number of hydrogen-bond donors (Lipinski definition) is 0. The zero-order valence-electron chi connectivity index (χ0n) is 9.66. The van der Waals surface area contributed by atoms with Crippen molar-refractivity contribution >= 4 is 21.6 Å². The van der Waals surface area contributed by atoms with Crippen molar-refractivity contribution in [2.75, 3.05) is 0 Å². The molecule has 0 amide bonds. The standard InChI is InChI=1S/C12H16N2S/c1-5-9-11-10(14-7-15-11)8(6-13-9)12(2,3)4/h6-7H,5H2,1-4H3. The number of aromatic nitrogens is 2. The maximum Gasteiger partial charge on any atom is 0.0883 e. The molecule has 2 heterocycles. The average molecular weight is 220 g/mol. The van der Waals surface area contributed by atoms with Crippen LogP contribution in [0.2, 0.25) is 0 Å². The van der Waals surface area contributed by atoms with Crippen LogP contribution in [0.25, 0.3) is 10.2 Å². The number of nitrogens with zero attached hydrogens (tertiary/aromatic N) is 2. The van der Waals surface area contributed by atoms with Gasteiger partial charge in [-0.25, -0.2) is 4.98 Å². The van der Waals surface area contributed by atoms with Gasteiger partial charge in [0.2, 0.25) is 0 Å². The summed E-state index contributed by atoms with van der Waals surface area (Å²) in [5.74, 6) is 0. The fraction of sp³-hybridized carbons (Fsp3) is 0.500. The van der Waals surface area contributed by atoms with Crippen molar-refractivity contribution in [3.8, 4) is 0 Å². The highest BCUT2D eigenvalue weighted by Crippen LogP contribution is 2.31. The first-order chi connectivity index (χ1) is 7.04. The Morgan fingerprint density at radius 2 is 2.00 bits per heavy atom. The number of aryl methyl sites for hydroxylation is 1. The van der Waals surface area contributed by atoms with Gasteiger partial charge >= 0.3 is 0 Å². The van der Waals surface area contributed by atoms with Gasteiger partial charge in [-0.1, -0.05) is 27.7 Å². The molecule has 0 bridgehead atoms. The molecule has 0 aliphatic rings. The SMILES string of the molecule is CCc1ncc(C(C)(C)C)c2ncsc12. The number of hydrogen-bond acceptors (Lipinski definition) is 3. The third kappa shape index (κ3) is 1.76. The van der Waals surface area contributed by atoms with Gasteiger partial charge in [0.05, 0.1) is 21.4 Å². The second kappa shape index (κ2) is 3.56. The Hall–Kier alpha value is -0.960. The zero-order chi connectivity index (χ0) is 11.1. The van der Waals surface area contributed by atoms with E-state index in [1.165, 1.54) is 16.0 Å². The molecular formula is C12H16N2S. The Labute approximate surface area is 94.4 Å². The van der Waals surface area contributed by atoms with Crippen LogP contribution in [-0.2, 0) is 11.8 Å². The van der Waals surface area contributed by atoms with Gasteiger partial charge in [0, 0.05) is 11.8 Å². The van der Waals surface area contributed by atoms with E-state index in [-0.39, 0.29) is 5.41 Å². The molecule has 15 heavy (non-hydrogen) atoms. The minimum absolute atomic E-state index is 0.117. The van der Waals surface area contributed by atoms with Crippen molar-refractivity contribution in [1.29, 1.82) is 0 Å². The number of rotatable bonds is 1. The second-order valence-electron chi connectivity index (χ2n) is 4.75. The molecule has 0 aliphatic heterocycles. The lowest BCUT2D eigenvalue weighted by molar-refractivity contribution is 0.592. The predicted molar refractivity (Wildman–Crippen MR) is 65.5 cm³/mol. The van der Waals surface area contributed by atoms with Crippen LogP contribution in [0.3, 0.4) is 0 Å². The Morgan fingerprint density at radius 3 is 2.60 bits per heavy atom. The van der Waals surface area contributed by atoms with Gasteiger partial charge in [-0.2, -0.15) is 0 Å². The molecule has 0 unspecified atom stereocenters. The highest BCUT2D eigenvalue weighted by atomic mass is 32.1. The molecule has 2 aromatic rings. The molecule has 0 radical (unpaired) electrons. The van der Waals surface area contributed by atoms with Crippen LogP contribution < -0.4 is 0 Å². The Bertz CT molecular complexity index is 480. The number of fused-ring (bicyclic) bond motifs is 1. The van der Waals surface area contributed by atoms with E-state index < -0.39 is 0 Å². The molecule has 0 spiro atoms. The van der Waals surface area contributed by atoms with Gasteiger partial charge in [-0.3, -0.25) is 4.98 Å². The lowest BCUT2D eigenvalue weighted by Crippen LogP contribution is -2.12. The van der Waals surface area contributed by atoms with E-state index in [0.29, 0.717) is 0 Å². The van der Waals surface area contributed by atoms with E-state index in [1.807, 2.05) is 11.7 Å². The Kier molecular flexibility index (Phi) is 2.51. The van der Waals surface area contributed by atoms with E-state index in [0.717, 1.165) is 11.9 Å².